The maximum atomic E-state index is 11.3. The Morgan fingerprint density at radius 1 is 1.38 bits per heavy atom. The van der Waals surface area contributed by atoms with E-state index >= 15 is 0 Å². The fourth-order valence-electron chi connectivity index (χ4n) is 0.493. The van der Waals surface area contributed by atoms with Crippen LogP contribution in [0.4, 0.5) is 0 Å². The lowest BCUT2D eigenvalue weighted by Gasteiger charge is -2.24. The van der Waals surface area contributed by atoms with Gasteiger partial charge in [-0.1, -0.05) is 0 Å². The van der Waals surface area contributed by atoms with Gasteiger partial charge in [-0.3, -0.25) is 4.79 Å². The Bertz CT molecular complexity index is 182. The Hall–Kier alpha value is -0.610. The number of ether oxygens (including phenoxy) is 1. The zero-order valence-electron chi connectivity index (χ0n) is 8.76. The van der Waals surface area contributed by atoms with Crippen LogP contribution in [0.3, 0.4) is 0 Å². The third-order valence-corrected chi connectivity index (χ3v) is 1.51. The molecular formula is C9H19NO3. The van der Waals surface area contributed by atoms with Crippen LogP contribution in [0.1, 0.15) is 27.7 Å². The van der Waals surface area contributed by atoms with Crippen LogP contribution in [-0.4, -0.2) is 29.8 Å². The van der Waals surface area contributed by atoms with Crippen molar-refractivity contribution >= 4 is 5.97 Å². The smallest absolute Gasteiger partial charge is 0.311 e. The first-order valence-corrected chi connectivity index (χ1v) is 4.26. The van der Waals surface area contributed by atoms with Gasteiger partial charge in [-0.05, 0) is 27.7 Å². The summed E-state index contributed by atoms with van der Waals surface area (Å²) in [5.41, 5.74) is 4.21. The van der Waals surface area contributed by atoms with Gasteiger partial charge in [-0.2, -0.15) is 0 Å². The maximum absolute atomic E-state index is 11.3. The van der Waals surface area contributed by atoms with E-state index in [9.17, 15) is 4.79 Å². The highest BCUT2D eigenvalue weighted by atomic mass is 16.5. The lowest BCUT2D eigenvalue weighted by atomic mass is 9.97. The second kappa shape index (κ2) is 4.07. The Morgan fingerprint density at radius 3 is 2.15 bits per heavy atom. The zero-order chi connectivity index (χ0) is 10.7. The first-order chi connectivity index (χ1) is 5.69. The SMILES string of the molecule is CC(C)(C)C(=O)OC[C@](C)(N)CO. The summed E-state index contributed by atoms with van der Waals surface area (Å²) in [7, 11) is 0. The van der Waals surface area contributed by atoms with Crippen molar-refractivity contribution in [2.24, 2.45) is 11.1 Å². The third kappa shape index (κ3) is 4.85. The quantitative estimate of drug-likeness (QED) is 0.626. The number of nitrogens with two attached hydrogens (primary N) is 1. The van der Waals surface area contributed by atoms with E-state index in [4.69, 9.17) is 15.6 Å². The van der Waals surface area contributed by atoms with E-state index in [0.717, 1.165) is 0 Å². The van der Waals surface area contributed by atoms with Gasteiger partial charge in [0.05, 0.1) is 17.6 Å². The molecular weight excluding hydrogens is 170 g/mol. The standard InChI is InChI=1S/C9H19NO3/c1-8(2,3)7(12)13-6-9(4,10)5-11/h11H,5-6,10H2,1-4H3/t9-/m1/s1. The summed E-state index contributed by atoms with van der Waals surface area (Å²) in [6.07, 6.45) is 0. The van der Waals surface area contributed by atoms with Crippen LogP contribution in [0.15, 0.2) is 0 Å². The molecule has 0 heterocycles. The number of hydrogen-bond donors (Lipinski definition) is 2. The average molecular weight is 189 g/mol. The van der Waals surface area contributed by atoms with Crippen molar-refractivity contribution in [1.29, 1.82) is 0 Å². The van der Waals surface area contributed by atoms with E-state index in [0.29, 0.717) is 0 Å². The van der Waals surface area contributed by atoms with Crippen LogP contribution in [0.25, 0.3) is 0 Å². The van der Waals surface area contributed by atoms with Gasteiger partial charge in [0.1, 0.15) is 6.61 Å². The van der Waals surface area contributed by atoms with Crippen molar-refractivity contribution in [3.05, 3.63) is 0 Å². The van der Waals surface area contributed by atoms with Crippen molar-refractivity contribution in [1.82, 2.24) is 0 Å². The maximum Gasteiger partial charge on any atom is 0.311 e. The molecule has 0 aliphatic heterocycles. The Labute approximate surface area is 79.1 Å². The number of carbonyl (C=O) groups is 1. The monoisotopic (exact) mass is 189 g/mol. The van der Waals surface area contributed by atoms with Gasteiger partial charge in [-0.15, -0.1) is 0 Å². The van der Waals surface area contributed by atoms with Crippen LogP contribution in [-0.2, 0) is 9.53 Å². The Balaban J connectivity index is 3.98. The Morgan fingerprint density at radius 2 is 1.85 bits per heavy atom. The van der Waals surface area contributed by atoms with Crippen molar-refractivity contribution in [3.63, 3.8) is 0 Å². The topological polar surface area (TPSA) is 72.5 Å². The summed E-state index contributed by atoms with van der Waals surface area (Å²) in [6, 6.07) is 0. The average Bonchev–Trinajstić information content (AvgIpc) is 1.98. The predicted molar refractivity (Wildman–Crippen MR) is 50.1 cm³/mol. The molecule has 0 bridgehead atoms. The molecule has 0 aromatic carbocycles. The summed E-state index contributed by atoms with van der Waals surface area (Å²) in [5, 5.41) is 8.79. The van der Waals surface area contributed by atoms with Crippen LogP contribution >= 0.6 is 0 Å². The third-order valence-electron chi connectivity index (χ3n) is 1.51. The van der Waals surface area contributed by atoms with Crippen molar-refractivity contribution < 1.29 is 14.6 Å². The summed E-state index contributed by atoms with van der Waals surface area (Å²) in [6.45, 7) is 6.76. The van der Waals surface area contributed by atoms with Crippen molar-refractivity contribution in [3.8, 4) is 0 Å². The lowest BCUT2D eigenvalue weighted by Crippen LogP contribution is -2.46. The van der Waals surface area contributed by atoms with Gasteiger partial charge in [-0.25, -0.2) is 0 Å². The first kappa shape index (κ1) is 12.4. The van der Waals surface area contributed by atoms with Gasteiger partial charge in [0.2, 0.25) is 0 Å². The fourth-order valence-corrected chi connectivity index (χ4v) is 0.493. The normalized spacial score (nSPS) is 16.5. The molecule has 78 valence electrons. The zero-order valence-corrected chi connectivity index (χ0v) is 8.76. The molecule has 0 unspecified atom stereocenters. The molecule has 1 atom stereocenters. The molecule has 0 saturated carbocycles. The van der Waals surface area contributed by atoms with Crippen LogP contribution in [0.5, 0.6) is 0 Å². The van der Waals surface area contributed by atoms with Crippen LogP contribution < -0.4 is 5.73 Å². The van der Waals surface area contributed by atoms with Crippen LogP contribution in [0.2, 0.25) is 0 Å². The molecule has 0 saturated heterocycles. The molecule has 13 heavy (non-hydrogen) atoms. The lowest BCUT2D eigenvalue weighted by molar-refractivity contribution is -0.155. The summed E-state index contributed by atoms with van der Waals surface area (Å²) < 4.78 is 4.94. The summed E-state index contributed by atoms with van der Waals surface area (Å²) in [4.78, 5) is 11.3. The van der Waals surface area contributed by atoms with Gasteiger partial charge in [0.25, 0.3) is 0 Å². The number of hydrogen-bond acceptors (Lipinski definition) is 4. The summed E-state index contributed by atoms with van der Waals surface area (Å²) in [5.74, 6) is -0.308. The van der Waals surface area contributed by atoms with Gasteiger partial charge < -0.3 is 15.6 Å². The molecule has 3 N–H and O–H groups in total. The predicted octanol–water partition coefficient (Wildman–Crippen LogP) is 0.285. The number of esters is 1. The van der Waals surface area contributed by atoms with Crippen molar-refractivity contribution in [2.75, 3.05) is 13.2 Å². The molecule has 0 aliphatic carbocycles. The number of carbonyl (C=O) groups excluding carboxylic acids is 1. The molecule has 4 heteroatoms. The van der Waals surface area contributed by atoms with Crippen LogP contribution in [0, 0.1) is 5.41 Å². The van der Waals surface area contributed by atoms with Gasteiger partial charge in [0.15, 0.2) is 0 Å². The molecule has 0 spiro atoms. The van der Waals surface area contributed by atoms with E-state index in [-0.39, 0.29) is 19.2 Å². The highest BCUT2D eigenvalue weighted by Crippen LogP contribution is 2.15. The molecule has 0 aliphatic rings. The number of aliphatic hydroxyl groups is 1. The Kier molecular flexibility index (Phi) is 3.88. The van der Waals surface area contributed by atoms with Gasteiger partial charge in [0, 0.05) is 0 Å². The number of rotatable bonds is 3. The second-order valence-corrected chi connectivity index (χ2v) is 4.64. The minimum atomic E-state index is -0.846. The molecule has 0 rings (SSSR count). The van der Waals surface area contributed by atoms with E-state index < -0.39 is 11.0 Å². The minimum Gasteiger partial charge on any atom is -0.463 e. The van der Waals surface area contributed by atoms with Crippen molar-refractivity contribution in [2.45, 2.75) is 33.2 Å². The molecule has 0 amide bonds. The molecule has 0 radical (unpaired) electrons. The molecule has 0 fully saturated rings. The van der Waals surface area contributed by atoms with E-state index in [1.165, 1.54) is 0 Å². The molecule has 0 aromatic heterocycles. The highest BCUT2D eigenvalue weighted by molar-refractivity contribution is 5.75. The van der Waals surface area contributed by atoms with E-state index in [1.54, 1.807) is 27.7 Å². The largest absolute Gasteiger partial charge is 0.463 e. The first-order valence-electron chi connectivity index (χ1n) is 4.26. The highest BCUT2D eigenvalue weighted by Gasteiger charge is 2.26. The fraction of sp³-hybridized carbons (Fsp3) is 0.889. The number of aliphatic hydroxyl groups excluding tert-OH is 1. The minimum absolute atomic E-state index is 0.0413. The van der Waals surface area contributed by atoms with Gasteiger partial charge >= 0.3 is 5.97 Å². The van der Waals surface area contributed by atoms with E-state index in [2.05, 4.69) is 0 Å². The molecule has 4 nitrogen and oxygen atoms in total. The summed E-state index contributed by atoms with van der Waals surface area (Å²) >= 11 is 0. The second-order valence-electron chi connectivity index (χ2n) is 4.64. The molecule has 0 aromatic rings. The van der Waals surface area contributed by atoms with E-state index in [1.807, 2.05) is 0 Å².